The molecular weight excluding hydrogens is 445 g/mol. The lowest BCUT2D eigenvalue weighted by Crippen LogP contribution is -2.41. The first kappa shape index (κ1) is 21.5. The van der Waals surface area contributed by atoms with Crippen LogP contribution in [0.3, 0.4) is 0 Å². The van der Waals surface area contributed by atoms with E-state index < -0.39 is 5.82 Å². The Bertz CT molecular complexity index is 1190. The van der Waals surface area contributed by atoms with Crippen LogP contribution >= 0.6 is 23.1 Å². The number of carbonyl (C=O) groups excluding carboxylic acids is 2. The number of hydrogen-bond donors (Lipinski definition) is 0. The molecule has 1 aliphatic carbocycles. The molecule has 0 bridgehead atoms. The first-order chi connectivity index (χ1) is 15.5. The number of fused-ring (bicyclic) bond motifs is 3. The monoisotopic (exact) mass is 469 g/mol. The number of benzene rings is 1. The van der Waals surface area contributed by atoms with Crippen LogP contribution in [0.5, 0.6) is 0 Å². The van der Waals surface area contributed by atoms with Crippen molar-refractivity contribution in [2.75, 3.05) is 6.54 Å². The summed E-state index contributed by atoms with van der Waals surface area (Å²) in [6, 6.07) is 5.38. The Morgan fingerprint density at radius 2 is 1.91 bits per heavy atom. The number of thioether (sulfide) groups is 1. The highest BCUT2D eigenvalue weighted by Crippen LogP contribution is 2.41. The molecule has 32 heavy (non-hydrogen) atoms. The summed E-state index contributed by atoms with van der Waals surface area (Å²) in [4.78, 5) is 39.6. The van der Waals surface area contributed by atoms with Crippen molar-refractivity contribution in [1.29, 1.82) is 0 Å². The molecule has 166 valence electrons. The van der Waals surface area contributed by atoms with Gasteiger partial charge in [0.05, 0.1) is 5.25 Å². The minimum atomic E-state index is -0.403. The third-order valence-electron chi connectivity index (χ3n) is 6.12. The van der Waals surface area contributed by atoms with E-state index in [1.807, 2.05) is 6.92 Å². The van der Waals surface area contributed by atoms with Gasteiger partial charge in [-0.25, -0.2) is 14.4 Å². The van der Waals surface area contributed by atoms with E-state index in [1.165, 1.54) is 64.2 Å². The van der Waals surface area contributed by atoms with Crippen molar-refractivity contribution in [3.05, 3.63) is 51.9 Å². The summed E-state index contributed by atoms with van der Waals surface area (Å²) in [6.45, 7) is 2.28. The Hall–Kier alpha value is -2.32. The normalized spacial score (nSPS) is 19.1. The molecule has 5 nitrogen and oxygen atoms in total. The molecule has 1 saturated heterocycles. The van der Waals surface area contributed by atoms with Crippen LogP contribution in [0.4, 0.5) is 4.39 Å². The second-order valence-electron chi connectivity index (χ2n) is 8.37. The van der Waals surface area contributed by atoms with Crippen molar-refractivity contribution in [2.45, 2.75) is 62.1 Å². The first-order valence-electron chi connectivity index (χ1n) is 11.1. The summed E-state index contributed by atoms with van der Waals surface area (Å²) >= 11 is 3.23. The maximum absolute atomic E-state index is 13.4. The minimum absolute atomic E-state index is 0.185. The van der Waals surface area contributed by atoms with E-state index in [-0.39, 0.29) is 17.1 Å². The van der Waals surface area contributed by atoms with E-state index in [9.17, 15) is 14.0 Å². The fourth-order valence-corrected chi connectivity index (χ4v) is 7.19. The number of imide groups is 1. The Kier molecular flexibility index (Phi) is 5.99. The van der Waals surface area contributed by atoms with Gasteiger partial charge in [0.1, 0.15) is 21.5 Å². The molecule has 0 saturated carbocycles. The number of hydrogen-bond acceptors (Lipinski definition) is 6. The number of halogens is 1. The van der Waals surface area contributed by atoms with E-state index in [0.29, 0.717) is 24.4 Å². The highest BCUT2D eigenvalue weighted by molar-refractivity contribution is 8.00. The van der Waals surface area contributed by atoms with Gasteiger partial charge >= 0.3 is 0 Å². The molecule has 1 atom stereocenters. The smallest absolute Gasteiger partial charge is 0.260 e. The first-order valence-corrected chi connectivity index (χ1v) is 12.8. The molecular formula is C24H24FN3O2S2. The molecule has 8 heteroatoms. The SMILES string of the molecule is Cc1nc(S[C@@H]2CCCCN(C(=O)c3ccc(F)cc3)C2=O)c2c3c(sc2n1)CCCC3. The van der Waals surface area contributed by atoms with Gasteiger partial charge in [-0.3, -0.25) is 14.5 Å². The summed E-state index contributed by atoms with van der Waals surface area (Å²) in [7, 11) is 0. The van der Waals surface area contributed by atoms with Crippen LogP contribution in [0, 0.1) is 12.7 Å². The quantitative estimate of drug-likeness (QED) is 0.383. The van der Waals surface area contributed by atoms with E-state index in [0.717, 1.165) is 40.9 Å². The molecule has 0 spiro atoms. The molecule has 1 aromatic carbocycles. The summed E-state index contributed by atoms with van der Waals surface area (Å²) in [5, 5.41) is 1.59. The molecule has 2 amide bonds. The highest BCUT2D eigenvalue weighted by Gasteiger charge is 2.33. The van der Waals surface area contributed by atoms with Crippen LogP contribution in [0.25, 0.3) is 10.2 Å². The van der Waals surface area contributed by atoms with Crippen molar-refractivity contribution in [1.82, 2.24) is 14.9 Å². The zero-order valence-electron chi connectivity index (χ0n) is 17.9. The topological polar surface area (TPSA) is 63.2 Å². The molecule has 3 heterocycles. The molecule has 0 N–H and O–H groups in total. The number of aromatic nitrogens is 2. The Morgan fingerprint density at radius 3 is 2.72 bits per heavy atom. The minimum Gasteiger partial charge on any atom is -0.278 e. The number of thiophene rings is 1. The van der Waals surface area contributed by atoms with Gasteiger partial charge in [0.25, 0.3) is 5.91 Å². The maximum Gasteiger partial charge on any atom is 0.260 e. The molecule has 5 rings (SSSR count). The molecule has 0 radical (unpaired) electrons. The van der Waals surface area contributed by atoms with E-state index in [2.05, 4.69) is 4.98 Å². The van der Waals surface area contributed by atoms with Crippen molar-refractivity contribution in [3.63, 3.8) is 0 Å². The Balaban J connectivity index is 1.46. The van der Waals surface area contributed by atoms with Crippen LogP contribution in [0.1, 0.15) is 58.7 Å². The fraction of sp³-hybridized carbons (Fsp3) is 0.417. The predicted molar refractivity (Wildman–Crippen MR) is 125 cm³/mol. The van der Waals surface area contributed by atoms with Crippen molar-refractivity contribution < 1.29 is 14.0 Å². The third-order valence-corrected chi connectivity index (χ3v) is 8.55. The van der Waals surface area contributed by atoms with Crippen LogP contribution in [-0.4, -0.2) is 38.5 Å². The molecule has 1 fully saturated rings. The van der Waals surface area contributed by atoms with Gasteiger partial charge < -0.3 is 0 Å². The van der Waals surface area contributed by atoms with Crippen LogP contribution < -0.4 is 0 Å². The Morgan fingerprint density at radius 1 is 1.12 bits per heavy atom. The van der Waals surface area contributed by atoms with Gasteiger partial charge in [-0.2, -0.15) is 0 Å². The molecule has 1 aliphatic heterocycles. The van der Waals surface area contributed by atoms with Crippen LogP contribution in [0.15, 0.2) is 29.3 Å². The largest absolute Gasteiger partial charge is 0.278 e. The lowest BCUT2D eigenvalue weighted by molar-refractivity contribution is -0.127. The lowest BCUT2D eigenvalue weighted by atomic mass is 9.97. The zero-order chi connectivity index (χ0) is 22.2. The van der Waals surface area contributed by atoms with Gasteiger partial charge in [0.15, 0.2) is 0 Å². The van der Waals surface area contributed by atoms with Gasteiger partial charge in [0.2, 0.25) is 5.91 Å². The second kappa shape index (κ2) is 8.90. The molecule has 2 aliphatic rings. The summed E-state index contributed by atoms with van der Waals surface area (Å²) < 4.78 is 13.3. The van der Waals surface area contributed by atoms with Crippen LogP contribution in [-0.2, 0) is 17.6 Å². The van der Waals surface area contributed by atoms with Gasteiger partial charge in [-0.15, -0.1) is 11.3 Å². The van der Waals surface area contributed by atoms with E-state index in [4.69, 9.17) is 4.98 Å². The number of nitrogens with zero attached hydrogens (tertiary/aromatic N) is 3. The molecule has 0 unspecified atom stereocenters. The van der Waals surface area contributed by atoms with Gasteiger partial charge in [-0.1, -0.05) is 18.2 Å². The number of aryl methyl sites for hydroxylation is 3. The number of carbonyl (C=O) groups is 2. The van der Waals surface area contributed by atoms with Crippen molar-refractivity contribution >= 4 is 45.1 Å². The molecule has 3 aromatic rings. The maximum atomic E-state index is 13.4. The van der Waals surface area contributed by atoms with Gasteiger partial charge in [0, 0.05) is 22.4 Å². The zero-order valence-corrected chi connectivity index (χ0v) is 19.5. The number of rotatable bonds is 3. The molecule has 2 aromatic heterocycles. The second-order valence-corrected chi connectivity index (χ2v) is 10.6. The van der Waals surface area contributed by atoms with Crippen molar-refractivity contribution in [3.8, 4) is 0 Å². The standard InChI is InChI=1S/C24H24FN3O2S2/c1-14-26-21-20(17-6-2-3-7-18(17)31-21)22(27-14)32-19-8-4-5-13-28(24(19)30)23(29)15-9-11-16(25)12-10-15/h9-12,19H,2-8,13H2,1H3/t19-/m1/s1. The predicted octanol–water partition coefficient (Wildman–Crippen LogP) is 5.33. The summed E-state index contributed by atoms with van der Waals surface area (Å²) in [6.07, 6.45) is 6.82. The number of likely N-dealkylation sites (tertiary alicyclic amines) is 1. The lowest BCUT2D eigenvalue weighted by Gasteiger charge is -2.22. The third kappa shape index (κ3) is 4.06. The average molecular weight is 470 g/mol. The van der Waals surface area contributed by atoms with Gasteiger partial charge in [-0.05, 0) is 75.3 Å². The Labute approximate surface area is 194 Å². The average Bonchev–Trinajstić information content (AvgIpc) is 3.06. The van der Waals surface area contributed by atoms with E-state index >= 15 is 0 Å². The fourth-order valence-electron chi connectivity index (χ4n) is 4.51. The summed E-state index contributed by atoms with van der Waals surface area (Å²) in [5.74, 6) is -0.243. The van der Waals surface area contributed by atoms with Crippen LogP contribution in [0.2, 0.25) is 0 Å². The van der Waals surface area contributed by atoms with Crippen molar-refractivity contribution in [2.24, 2.45) is 0 Å². The highest BCUT2D eigenvalue weighted by atomic mass is 32.2. The number of amides is 2. The summed E-state index contributed by atoms with van der Waals surface area (Å²) in [5.41, 5.74) is 1.68. The van der Waals surface area contributed by atoms with E-state index in [1.54, 1.807) is 11.3 Å².